The minimum absolute atomic E-state index is 0.0900. The van der Waals surface area contributed by atoms with Crippen LogP contribution in [0, 0.1) is 0 Å². The van der Waals surface area contributed by atoms with E-state index in [4.69, 9.17) is 4.74 Å². The smallest absolute Gasteiger partial charge is 0.323 e. The molecule has 2 heterocycles. The molecule has 1 aliphatic rings. The number of morpholine rings is 1. The lowest BCUT2D eigenvalue weighted by Crippen LogP contribution is -2.46. The lowest BCUT2D eigenvalue weighted by Gasteiger charge is -2.30. The summed E-state index contributed by atoms with van der Waals surface area (Å²) in [5.41, 5.74) is 0. The number of hydrogen-bond acceptors (Lipinski definition) is 4. The number of hydrogen-bond donors (Lipinski definition) is 1. The number of likely N-dealkylation sites (N-methyl/N-ethyl adjacent to an activating group) is 1. The van der Waals surface area contributed by atoms with Crippen molar-refractivity contribution in [1.29, 1.82) is 0 Å². The lowest BCUT2D eigenvalue weighted by molar-refractivity contribution is -0.00139. The second kappa shape index (κ2) is 6.71. The quantitative estimate of drug-likeness (QED) is 0.882. The van der Waals surface area contributed by atoms with Crippen molar-refractivity contribution in [3.8, 4) is 0 Å². The molecule has 1 aliphatic heterocycles. The molecule has 1 aromatic heterocycles. The molecule has 1 saturated heterocycles. The van der Waals surface area contributed by atoms with Gasteiger partial charge in [-0.05, 0) is 21.0 Å². The fourth-order valence-corrected chi connectivity index (χ4v) is 2.05. The van der Waals surface area contributed by atoms with Gasteiger partial charge in [-0.1, -0.05) is 0 Å². The first-order valence-electron chi connectivity index (χ1n) is 6.90. The van der Waals surface area contributed by atoms with Crippen LogP contribution in [-0.4, -0.2) is 72.1 Å². The van der Waals surface area contributed by atoms with Gasteiger partial charge in [0, 0.05) is 31.9 Å². The standard InChI is InChI=1S/C13H23N5O2/c1-11-10-17(8-9-20-11)13(19)14-12-4-5-18(15-12)7-6-16(2)3/h4-5,11H,6-10H2,1-3H3,(H,14,15,19). The molecule has 2 rings (SSSR count). The molecule has 0 saturated carbocycles. The van der Waals surface area contributed by atoms with Crippen LogP contribution in [0.15, 0.2) is 12.3 Å². The number of carbonyl (C=O) groups is 1. The van der Waals surface area contributed by atoms with Crippen LogP contribution in [0.25, 0.3) is 0 Å². The third kappa shape index (κ3) is 4.21. The van der Waals surface area contributed by atoms with E-state index < -0.39 is 0 Å². The zero-order valence-corrected chi connectivity index (χ0v) is 12.4. The van der Waals surface area contributed by atoms with Gasteiger partial charge in [-0.3, -0.25) is 10.00 Å². The number of ether oxygens (including phenoxy) is 1. The Morgan fingerprint density at radius 1 is 1.60 bits per heavy atom. The van der Waals surface area contributed by atoms with Gasteiger partial charge < -0.3 is 14.5 Å². The molecule has 7 heteroatoms. The number of amides is 2. The van der Waals surface area contributed by atoms with Gasteiger partial charge in [-0.15, -0.1) is 0 Å². The molecule has 20 heavy (non-hydrogen) atoms. The maximum Gasteiger partial charge on any atom is 0.323 e. The van der Waals surface area contributed by atoms with Gasteiger partial charge in [0.2, 0.25) is 0 Å². The summed E-state index contributed by atoms with van der Waals surface area (Å²) in [6.45, 7) is 5.51. The van der Waals surface area contributed by atoms with Crippen LogP contribution in [0.4, 0.5) is 10.6 Å². The summed E-state index contributed by atoms with van der Waals surface area (Å²) in [6.07, 6.45) is 1.97. The molecule has 1 fully saturated rings. The number of urea groups is 1. The topological polar surface area (TPSA) is 62.6 Å². The van der Waals surface area contributed by atoms with Crippen LogP contribution in [0.3, 0.4) is 0 Å². The maximum absolute atomic E-state index is 12.1. The van der Waals surface area contributed by atoms with Gasteiger partial charge in [0.05, 0.1) is 19.3 Å². The van der Waals surface area contributed by atoms with Crippen molar-refractivity contribution in [2.45, 2.75) is 19.6 Å². The molecular weight excluding hydrogens is 258 g/mol. The molecule has 2 amide bonds. The molecular formula is C13H23N5O2. The molecule has 1 N–H and O–H groups in total. The first-order valence-corrected chi connectivity index (χ1v) is 6.90. The third-order valence-corrected chi connectivity index (χ3v) is 3.18. The SMILES string of the molecule is CC1CN(C(=O)Nc2ccn(CCN(C)C)n2)CCO1. The van der Waals surface area contributed by atoms with E-state index in [0.29, 0.717) is 25.5 Å². The Kier molecular flexibility index (Phi) is 4.97. The van der Waals surface area contributed by atoms with Crippen LogP contribution in [-0.2, 0) is 11.3 Å². The van der Waals surface area contributed by atoms with Gasteiger partial charge in [0.1, 0.15) is 0 Å². The zero-order chi connectivity index (χ0) is 14.5. The van der Waals surface area contributed by atoms with E-state index in [0.717, 1.165) is 13.1 Å². The van der Waals surface area contributed by atoms with Gasteiger partial charge in [-0.25, -0.2) is 4.79 Å². The molecule has 0 spiro atoms. The van der Waals surface area contributed by atoms with Crippen molar-refractivity contribution in [1.82, 2.24) is 19.6 Å². The highest BCUT2D eigenvalue weighted by Crippen LogP contribution is 2.08. The minimum Gasteiger partial charge on any atom is -0.375 e. The van der Waals surface area contributed by atoms with Crippen molar-refractivity contribution in [3.05, 3.63) is 12.3 Å². The number of aromatic nitrogens is 2. The van der Waals surface area contributed by atoms with Crippen LogP contribution in [0.5, 0.6) is 0 Å². The van der Waals surface area contributed by atoms with Crippen molar-refractivity contribution in [2.75, 3.05) is 45.7 Å². The summed E-state index contributed by atoms with van der Waals surface area (Å²) >= 11 is 0. The van der Waals surface area contributed by atoms with Crippen LogP contribution in [0.1, 0.15) is 6.92 Å². The Morgan fingerprint density at radius 3 is 3.10 bits per heavy atom. The minimum atomic E-state index is -0.113. The van der Waals surface area contributed by atoms with Gasteiger partial charge >= 0.3 is 6.03 Å². The highest BCUT2D eigenvalue weighted by Gasteiger charge is 2.21. The van der Waals surface area contributed by atoms with Crippen LogP contribution < -0.4 is 5.32 Å². The first kappa shape index (κ1) is 14.8. The summed E-state index contributed by atoms with van der Waals surface area (Å²) in [7, 11) is 4.04. The van der Waals surface area contributed by atoms with Gasteiger partial charge in [-0.2, -0.15) is 5.10 Å². The van der Waals surface area contributed by atoms with Crippen molar-refractivity contribution in [3.63, 3.8) is 0 Å². The normalized spacial score (nSPS) is 19.4. The summed E-state index contributed by atoms with van der Waals surface area (Å²) < 4.78 is 7.25. The largest absolute Gasteiger partial charge is 0.375 e. The molecule has 0 radical (unpaired) electrons. The van der Waals surface area contributed by atoms with E-state index in [-0.39, 0.29) is 12.1 Å². The molecule has 1 aromatic rings. The Morgan fingerprint density at radius 2 is 2.40 bits per heavy atom. The van der Waals surface area contributed by atoms with E-state index in [9.17, 15) is 4.79 Å². The molecule has 1 unspecified atom stereocenters. The molecule has 0 aliphatic carbocycles. The predicted octanol–water partition coefficient (Wildman–Crippen LogP) is 0.697. The number of nitrogens with zero attached hydrogens (tertiary/aromatic N) is 4. The van der Waals surface area contributed by atoms with Crippen molar-refractivity contribution in [2.24, 2.45) is 0 Å². The third-order valence-electron chi connectivity index (χ3n) is 3.18. The molecule has 1 atom stereocenters. The fourth-order valence-electron chi connectivity index (χ4n) is 2.05. The second-order valence-corrected chi connectivity index (χ2v) is 5.32. The highest BCUT2D eigenvalue weighted by atomic mass is 16.5. The predicted molar refractivity (Wildman–Crippen MR) is 76.8 cm³/mol. The first-order chi connectivity index (χ1) is 9.54. The number of rotatable bonds is 4. The Labute approximate surface area is 119 Å². The fraction of sp³-hybridized carbons (Fsp3) is 0.692. The Hall–Kier alpha value is -1.60. The lowest BCUT2D eigenvalue weighted by atomic mass is 10.3. The zero-order valence-electron chi connectivity index (χ0n) is 12.4. The molecule has 0 bridgehead atoms. The number of nitrogens with one attached hydrogen (secondary N) is 1. The van der Waals surface area contributed by atoms with E-state index in [1.165, 1.54) is 0 Å². The molecule has 0 aromatic carbocycles. The maximum atomic E-state index is 12.1. The van der Waals surface area contributed by atoms with Crippen LogP contribution >= 0.6 is 0 Å². The van der Waals surface area contributed by atoms with Gasteiger partial charge in [0.15, 0.2) is 5.82 Å². The Bertz CT molecular complexity index is 446. The van der Waals surface area contributed by atoms with Crippen LogP contribution in [0.2, 0.25) is 0 Å². The van der Waals surface area contributed by atoms with E-state index >= 15 is 0 Å². The van der Waals surface area contributed by atoms with E-state index in [2.05, 4.69) is 15.3 Å². The second-order valence-electron chi connectivity index (χ2n) is 5.32. The van der Waals surface area contributed by atoms with Crippen molar-refractivity contribution < 1.29 is 9.53 Å². The van der Waals surface area contributed by atoms with E-state index in [1.54, 1.807) is 4.90 Å². The monoisotopic (exact) mass is 281 g/mol. The van der Waals surface area contributed by atoms with Crippen molar-refractivity contribution >= 4 is 11.8 Å². The molecule has 112 valence electrons. The molecule has 7 nitrogen and oxygen atoms in total. The van der Waals surface area contributed by atoms with E-state index in [1.807, 2.05) is 38.0 Å². The number of carbonyl (C=O) groups excluding carboxylic acids is 1. The highest BCUT2D eigenvalue weighted by molar-refractivity contribution is 5.88. The van der Waals surface area contributed by atoms with Gasteiger partial charge in [0.25, 0.3) is 0 Å². The summed E-state index contributed by atoms with van der Waals surface area (Å²) in [5, 5.41) is 7.16. The average Bonchev–Trinajstić information content (AvgIpc) is 2.84. The summed E-state index contributed by atoms with van der Waals surface area (Å²) in [4.78, 5) is 15.9. The number of anilines is 1. The Balaban J connectivity index is 1.84. The summed E-state index contributed by atoms with van der Waals surface area (Å²) in [6, 6.07) is 1.70. The summed E-state index contributed by atoms with van der Waals surface area (Å²) in [5.74, 6) is 0.591. The average molecular weight is 281 g/mol.